The summed E-state index contributed by atoms with van der Waals surface area (Å²) in [7, 11) is 0. The average molecular weight is 237 g/mol. The summed E-state index contributed by atoms with van der Waals surface area (Å²) in [6.45, 7) is 7.42. The van der Waals surface area contributed by atoms with Crippen molar-refractivity contribution in [3.05, 3.63) is 35.6 Å². The standard InChI is InChI=1S/C14H20FNO/c1-4-11(3)16(5-2)10-14(17)12-7-6-8-13(15)9-12/h6-9,11H,4-5,10H2,1-3H3. The van der Waals surface area contributed by atoms with Gasteiger partial charge < -0.3 is 0 Å². The second-order valence-electron chi connectivity index (χ2n) is 4.25. The number of hydrogen-bond donors (Lipinski definition) is 0. The molecular formula is C14H20FNO. The number of likely N-dealkylation sites (N-methyl/N-ethyl adjacent to an activating group) is 1. The zero-order chi connectivity index (χ0) is 12.8. The molecule has 0 heterocycles. The molecule has 0 aliphatic rings. The molecule has 0 spiro atoms. The van der Waals surface area contributed by atoms with Gasteiger partial charge in [0.1, 0.15) is 5.82 Å². The van der Waals surface area contributed by atoms with Gasteiger partial charge >= 0.3 is 0 Å². The number of hydrogen-bond acceptors (Lipinski definition) is 2. The lowest BCUT2D eigenvalue weighted by molar-refractivity contribution is 0.0902. The van der Waals surface area contributed by atoms with Crippen molar-refractivity contribution in [1.29, 1.82) is 0 Å². The van der Waals surface area contributed by atoms with Crippen LogP contribution in [-0.4, -0.2) is 29.8 Å². The highest BCUT2D eigenvalue weighted by Crippen LogP contribution is 2.08. The molecular weight excluding hydrogens is 217 g/mol. The summed E-state index contributed by atoms with van der Waals surface area (Å²) in [6, 6.07) is 6.26. The Morgan fingerprint density at radius 2 is 2.12 bits per heavy atom. The lowest BCUT2D eigenvalue weighted by atomic mass is 10.1. The summed E-state index contributed by atoms with van der Waals surface area (Å²) in [5, 5.41) is 0. The molecule has 1 aromatic carbocycles. The molecule has 2 nitrogen and oxygen atoms in total. The van der Waals surface area contributed by atoms with Gasteiger partial charge in [-0.1, -0.05) is 26.0 Å². The number of rotatable bonds is 6. The van der Waals surface area contributed by atoms with E-state index in [2.05, 4.69) is 18.7 Å². The van der Waals surface area contributed by atoms with Gasteiger partial charge in [0.25, 0.3) is 0 Å². The summed E-state index contributed by atoms with van der Waals surface area (Å²) in [5.74, 6) is -0.380. The second-order valence-corrected chi connectivity index (χ2v) is 4.25. The number of Topliss-reactive ketones (excluding diaryl/α,β-unsaturated/α-hetero) is 1. The van der Waals surface area contributed by atoms with Gasteiger partial charge in [0.2, 0.25) is 0 Å². The molecule has 0 saturated carbocycles. The number of benzene rings is 1. The van der Waals surface area contributed by atoms with Crippen LogP contribution < -0.4 is 0 Å². The van der Waals surface area contributed by atoms with Crippen LogP contribution in [0.2, 0.25) is 0 Å². The van der Waals surface area contributed by atoms with Crippen LogP contribution in [0.1, 0.15) is 37.6 Å². The van der Waals surface area contributed by atoms with Gasteiger partial charge in [-0.3, -0.25) is 9.69 Å². The Hall–Kier alpha value is -1.22. The third-order valence-electron chi connectivity index (χ3n) is 3.11. The van der Waals surface area contributed by atoms with Crippen molar-refractivity contribution < 1.29 is 9.18 Å². The average Bonchev–Trinajstić information content (AvgIpc) is 2.34. The van der Waals surface area contributed by atoms with Crippen molar-refractivity contribution in [3.63, 3.8) is 0 Å². The normalized spacial score (nSPS) is 12.8. The largest absolute Gasteiger partial charge is 0.293 e. The Balaban J connectivity index is 2.71. The molecule has 0 fully saturated rings. The van der Waals surface area contributed by atoms with Gasteiger partial charge in [-0.25, -0.2) is 4.39 Å². The first kappa shape index (κ1) is 13.8. The maximum atomic E-state index is 13.0. The topological polar surface area (TPSA) is 20.3 Å². The van der Waals surface area contributed by atoms with Crippen LogP contribution in [0.4, 0.5) is 4.39 Å². The smallest absolute Gasteiger partial charge is 0.176 e. The molecule has 0 N–H and O–H groups in total. The van der Waals surface area contributed by atoms with E-state index in [9.17, 15) is 9.18 Å². The van der Waals surface area contributed by atoms with Gasteiger partial charge in [-0.2, -0.15) is 0 Å². The minimum absolute atomic E-state index is 0.0216. The van der Waals surface area contributed by atoms with Crippen LogP contribution in [-0.2, 0) is 0 Å². The van der Waals surface area contributed by atoms with E-state index in [1.54, 1.807) is 12.1 Å². The Morgan fingerprint density at radius 1 is 1.41 bits per heavy atom. The van der Waals surface area contributed by atoms with Crippen molar-refractivity contribution in [2.24, 2.45) is 0 Å². The van der Waals surface area contributed by atoms with E-state index < -0.39 is 0 Å². The van der Waals surface area contributed by atoms with Crippen molar-refractivity contribution in [3.8, 4) is 0 Å². The Kier molecular flexibility index (Phi) is 5.29. The maximum Gasteiger partial charge on any atom is 0.176 e. The molecule has 0 radical (unpaired) electrons. The molecule has 1 rings (SSSR count). The molecule has 3 heteroatoms. The Morgan fingerprint density at radius 3 is 2.65 bits per heavy atom. The fourth-order valence-electron chi connectivity index (χ4n) is 1.78. The van der Waals surface area contributed by atoms with E-state index >= 15 is 0 Å². The first-order chi connectivity index (χ1) is 8.08. The lowest BCUT2D eigenvalue weighted by Gasteiger charge is -2.26. The monoisotopic (exact) mass is 237 g/mol. The molecule has 0 bridgehead atoms. The molecule has 0 aliphatic carbocycles. The van der Waals surface area contributed by atoms with Crippen LogP contribution in [0, 0.1) is 5.82 Å². The molecule has 1 atom stereocenters. The summed E-state index contributed by atoms with van der Waals surface area (Å²) in [5.41, 5.74) is 0.451. The lowest BCUT2D eigenvalue weighted by Crippen LogP contribution is -2.36. The highest BCUT2D eigenvalue weighted by Gasteiger charge is 2.15. The van der Waals surface area contributed by atoms with Crippen LogP contribution >= 0.6 is 0 Å². The fourth-order valence-corrected chi connectivity index (χ4v) is 1.78. The highest BCUT2D eigenvalue weighted by atomic mass is 19.1. The van der Waals surface area contributed by atoms with Crippen LogP contribution in [0.5, 0.6) is 0 Å². The number of nitrogens with zero attached hydrogens (tertiary/aromatic N) is 1. The van der Waals surface area contributed by atoms with Crippen molar-refractivity contribution in [1.82, 2.24) is 4.90 Å². The predicted octanol–water partition coefficient (Wildman–Crippen LogP) is 3.13. The summed E-state index contributed by atoms with van der Waals surface area (Å²) in [4.78, 5) is 14.1. The molecule has 0 amide bonds. The van der Waals surface area contributed by atoms with E-state index in [1.165, 1.54) is 12.1 Å². The van der Waals surface area contributed by atoms with Crippen molar-refractivity contribution >= 4 is 5.78 Å². The van der Waals surface area contributed by atoms with Crippen LogP contribution in [0.15, 0.2) is 24.3 Å². The number of carbonyl (C=O) groups excluding carboxylic acids is 1. The first-order valence-corrected chi connectivity index (χ1v) is 6.11. The molecule has 1 unspecified atom stereocenters. The Labute approximate surface area is 102 Å². The molecule has 94 valence electrons. The number of ketones is 1. The van der Waals surface area contributed by atoms with Crippen molar-refractivity contribution in [2.75, 3.05) is 13.1 Å². The third-order valence-corrected chi connectivity index (χ3v) is 3.11. The third kappa shape index (κ3) is 3.93. The zero-order valence-electron chi connectivity index (χ0n) is 10.7. The maximum absolute atomic E-state index is 13.0. The zero-order valence-corrected chi connectivity index (χ0v) is 10.7. The van der Waals surface area contributed by atoms with Crippen LogP contribution in [0.3, 0.4) is 0 Å². The van der Waals surface area contributed by atoms with Gasteiger partial charge in [0.15, 0.2) is 5.78 Å². The molecule has 0 aromatic heterocycles. The fraction of sp³-hybridized carbons (Fsp3) is 0.500. The first-order valence-electron chi connectivity index (χ1n) is 6.11. The molecule has 17 heavy (non-hydrogen) atoms. The van der Waals surface area contributed by atoms with Gasteiger partial charge in [0, 0.05) is 11.6 Å². The molecule has 0 saturated heterocycles. The number of halogens is 1. The Bertz CT molecular complexity index is 378. The van der Waals surface area contributed by atoms with Crippen molar-refractivity contribution in [2.45, 2.75) is 33.2 Å². The van der Waals surface area contributed by atoms with Gasteiger partial charge in [-0.15, -0.1) is 0 Å². The van der Waals surface area contributed by atoms with Crippen LogP contribution in [0.25, 0.3) is 0 Å². The second kappa shape index (κ2) is 6.50. The minimum Gasteiger partial charge on any atom is -0.293 e. The quantitative estimate of drug-likeness (QED) is 0.708. The van der Waals surface area contributed by atoms with Gasteiger partial charge in [-0.05, 0) is 32.0 Å². The minimum atomic E-state index is -0.359. The summed E-state index contributed by atoms with van der Waals surface area (Å²) >= 11 is 0. The predicted molar refractivity (Wildman–Crippen MR) is 67.7 cm³/mol. The van der Waals surface area contributed by atoms with E-state index in [0.717, 1.165) is 13.0 Å². The van der Waals surface area contributed by atoms with E-state index in [1.807, 2.05) is 6.92 Å². The van der Waals surface area contributed by atoms with E-state index in [-0.39, 0.29) is 11.6 Å². The van der Waals surface area contributed by atoms with Gasteiger partial charge in [0.05, 0.1) is 6.54 Å². The van der Waals surface area contributed by atoms with E-state index in [0.29, 0.717) is 18.2 Å². The highest BCUT2D eigenvalue weighted by molar-refractivity contribution is 5.97. The van der Waals surface area contributed by atoms with E-state index in [4.69, 9.17) is 0 Å². The number of carbonyl (C=O) groups is 1. The summed E-state index contributed by atoms with van der Waals surface area (Å²) in [6.07, 6.45) is 1.00. The summed E-state index contributed by atoms with van der Waals surface area (Å²) < 4.78 is 13.0. The SMILES string of the molecule is CCC(C)N(CC)CC(=O)c1cccc(F)c1. The molecule has 1 aromatic rings. The molecule has 0 aliphatic heterocycles.